The van der Waals surface area contributed by atoms with Gasteiger partial charge in [0.05, 0.1) is 12.3 Å². The van der Waals surface area contributed by atoms with E-state index < -0.39 is 30.5 Å². The zero-order chi connectivity index (χ0) is 13.7. The largest absolute Gasteiger partial charge is 0.490 e. The first-order valence-corrected chi connectivity index (χ1v) is 9.62. The number of ether oxygens (including phenoxy) is 2. The smallest absolute Gasteiger partial charge is 0.457 e. The third kappa shape index (κ3) is 7.35. The van der Waals surface area contributed by atoms with Crippen LogP contribution in [0.2, 0.25) is 0 Å². The molecule has 1 unspecified atom stereocenters. The lowest BCUT2D eigenvalue weighted by Crippen LogP contribution is -2.35. The molecule has 0 aromatic rings. The van der Waals surface area contributed by atoms with Crippen molar-refractivity contribution in [2.24, 2.45) is 0 Å². The number of carbonyl (C=O) groups excluding carboxylic acids is 1. The summed E-state index contributed by atoms with van der Waals surface area (Å²) in [5.74, 6) is -2.26. The van der Waals surface area contributed by atoms with Crippen molar-refractivity contribution in [2.45, 2.75) is 25.2 Å². The predicted octanol–water partition coefficient (Wildman–Crippen LogP) is 3.08. The average Bonchev–Trinajstić information content (AvgIpc) is 2.13. The van der Waals surface area contributed by atoms with Crippen molar-refractivity contribution >= 4 is 45.2 Å². The van der Waals surface area contributed by atoms with E-state index >= 15 is 0 Å². The predicted molar refractivity (Wildman–Crippen MR) is 60.4 cm³/mol. The van der Waals surface area contributed by atoms with Gasteiger partial charge in [-0.3, -0.25) is 0 Å². The van der Waals surface area contributed by atoms with E-state index in [1.54, 1.807) is 6.92 Å². The van der Waals surface area contributed by atoms with E-state index in [2.05, 4.69) is 4.74 Å². The molecule has 17 heavy (non-hydrogen) atoms. The molecule has 10 heteroatoms. The molecule has 3 nitrogen and oxygen atoms in total. The zero-order valence-corrected chi connectivity index (χ0v) is 12.0. The van der Waals surface area contributed by atoms with E-state index in [0.29, 0.717) is 6.42 Å². The van der Waals surface area contributed by atoms with Crippen molar-refractivity contribution in [1.82, 2.24) is 0 Å². The lowest BCUT2D eigenvalue weighted by Gasteiger charge is -2.21. The molecule has 0 rings (SSSR count). The van der Waals surface area contributed by atoms with Crippen LogP contribution in [0.1, 0.15) is 13.3 Å². The summed E-state index contributed by atoms with van der Waals surface area (Å²) in [6.45, 7) is 0.923. The lowest BCUT2D eigenvalue weighted by atomic mass is 10.5. The molecule has 0 aliphatic heterocycles. The molecular weight excluding hydrogens is 324 g/mol. The van der Waals surface area contributed by atoms with Crippen LogP contribution in [0, 0.1) is 0 Å². The molecule has 0 aliphatic rings. The minimum Gasteiger partial charge on any atom is -0.457 e. The Kier molecular flexibility index (Phi) is 7.16. The third-order valence-corrected chi connectivity index (χ3v) is 5.10. The quantitative estimate of drug-likeness (QED) is 0.324. The van der Waals surface area contributed by atoms with Crippen molar-refractivity contribution in [3.8, 4) is 0 Å². The number of alkyl halides is 3. The summed E-state index contributed by atoms with van der Waals surface area (Å²) < 4.78 is 44.1. The monoisotopic (exact) mass is 332 g/mol. The Labute approximate surface area is 111 Å². The highest BCUT2D eigenvalue weighted by molar-refractivity contribution is 7.65. The van der Waals surface area contributed by atoms with Crippen LogP contribution in [0.3, 0.4) is 0 Å². The Balaban J connectivity index is 3.89. The number of halogens is 6. The van der Waals surface area contributed by atoms with Crippen molar-refractivity contribution in [2.75, 3.05) is 13.2 Å². The summed E-state index contributed by atoms with van der Waals surface area (Å²) in [4.78, 5) is 10.3. The second kappa shape index (κ2) is 7.03. The Bertz CT molecular complexity index is 257. The van der Waals surface area contributed by atoms with Crippen LogP contribution >= 0.6 is 33.2 Å². The van der Waals surface area contributed by atoms with Crippen molar-refractivity contribution in [1.29, 1.82) is 0 Å². The summed E-state index contributed by atoms with van der Waals surface area (Å²) in [7, 11) is 0. The topological polar surface area (TPSA) is 35.5 Å². The first-order chi connectivity index (χ1) is 7.59. The fraction of sp³-hybridized carbons (Fsp3) is 0.857. The van der Waals surface area contributed by atoms with Crippen LogP contribution < -0.4 is 0 Å². The molecule has 0 bridgehead atoms. The van der Waals surface area contributed by atoms with Crippen LogP contribution in [-0.2, 0) is 14.3 Å². The summed E-state index contributed by atoms with van der Waals surface area (Å²) in [5, 5.41) is 0. The average molecular weight is 334 g/mol. The fourth-order valence-corrected chi connectivity index (χ4v) is 3.58. The molecule has 0 fully saturated rings. The first-order valence-electron chi connectivity index (χ1n) is 4.51. The molecule has 0 amide bonds. The molecule has 0 aliphatic carbocycles. The minimum absolute atomic E-state index is 0.249. The highest BCUT2D eigenvalue weighted by Crippen LogP contribution is 2.28. The number of esters is 1. The number of hydrogen-bond acceptors (Lipinski definition) is 3. The van der Waals surface area contributed by atoms with E-state index in [1.807, 2.05) is 0 Å². The summed E-state index contributed by atoms with van der Waals surface area (Å²) in [5.41, 5.74) is -0.642. The molecule has 0 saturated carbocycles. The van der Waals surface area contributed by atoms with Gasteiger partial charge >= 0.3 is 18.1 Å². The second-order valence-corrected chi connectivity index (χ2v) is 11.8. The maximum absolute atomic E-state index is 11.7. The molecule has 102 valence electrons. The van der Waals surface area contributed by atoms with E-state index in [1.165, 1.54) is 0 Å². The first kappa shape index (κ1) is 17.3. The summed E-state index contributed by atoms with van der Waals surface area (Å²) >= 11 is 17.0. The molecular formula is C7H10Cl3F3O3Si. The zero-order valence-electron chi connectivity index (χ0n) is 8.69. The molecule has 0 spiro atoms. The van der Waals surface area contributed by atoms with Crippen molar-refractivity contribution in [3.63, 3.8) is 0 Å². The Morgan fingerprint density at radius 1 is 1.29 bits per heavy atom. The maximum Gasteiger partial charge on any atom is 0.490 e. The van der Waals surface area contributed by atoms with E-state index in [-0.39, 0.29) is 6.61 Å². The lowest BCUT2D eigenvalue weighted by molar-refractivity contribution is -0.200. The molecule has 0 N–H and O–H groups in total. The molecule has 0 saturated heterocycles. The number of rotatable bonds is 6. The SMILES string of the molecule is CCC(OCCOC(=O)C(F)(F)F)[Si](Cl)(Cl)Cl. The summed E-state index contributed by atoms with van der Waals surface area (Å²) in [6.07, 6.45) is -4.59. The van der Waals surface area contributed by atoms with Crippen LogP contribution in [0.5, 0.6) is 0 Å². The Morgan fingerprint density at radius 3 is 2.18 bits per heavy atom. The van der Waals surface area contributed by atoms with E-state index in [0.717, 1.165) is 0 Å². The van der Waals surface area contributed by atoms with Crippen molar-refractivity contribution in [3.05, 3.63) is 0 Å². The van der Waals surface area contributed by atoms with Gasteiger partial charge in [-0.1, -0.05) is 6.92 Å². The minimum atomic E-state index is -5.01. The van der Waals surface area contributed by atoms with Crippen LogP contribution in [0.25, 0.3) is 0 Å². The summed E-state index contributed by atoms with van der Waals surface area (Å²) in [6, 6.07) is -3.07. The van der Waals surface area contributed by atoms with Gasteiger partial charge in [0.2, 0.25) is 0 Å². The van der Waals surface area contributed by atoms with Gasteiger partial charge in [0.1, 0.15) is 6.61 Å². The van der Waals surface area contributed by atoms with Gasteiger partial charge in [-0.2, -0.15) is 13.2 Å². The van der Waals surface area contributed by atoms with Gasteiger partial charge in [-0.15, -0.1) is 33.2 Å². The Morgan fingerprint density at radius 2 is 1.82 bits per heavy atom. The van der Waals surface area contributed by atoms with Gasteiger partial charge in [0.15, 0.2) is 0 Å². The third-order valence-electron chi connectivity index (χ3n) is 1.60. The second-order valence-electron chi connectivity index (χ2n) is 2.94. The van der Waals surface area contributed by atoms with Gasteiger partial charge < -0.3 is 9.47 Å². The van der Waals surface area contributed by atoms with E-state index in [9.17, 15) is 18.0 Å². The van der Waals surface area contributed by atoms with Gasteiger partial charge in [0.25, 0.3) is 0 Å². The van der Waals surface area contributed by atoms with Gasteiger partial charge in [-0.05, 0) is 6.42 Å². The van der Waals surface area contributed by atoms with Crippen molar-refractivity contribution < 1.29 is 27.4 Å². The highest BCUT2D eigenvalue weighted by atomic mass is 35.8. The van der Waals surface area contributed by atoms with Gasteiger partial charge in [0, 0.05) is 0 Å². The normalized spacial score (nSPS) is 14.5. The maximum atomic E-state index is 11.7. The molecule has 0 heterocycles. The standard InChI is InChI=1S/C7H10Cl3F3O3Si/c1-2-5(17(8,9)10)15-3-4-16-6(14)7(11,12)13/h5H,2-4H2,1H3. The fourth-order valence-electron chi connectivity index (χ4n) is 0.850. The number of hydrogen-bond donors (Lipinski definition) is 0. The molecule has 1 atom stereocenters. The molecule has 0 radical (unpaired) electrons. The highest BCUT2D eigenvalue weighted by Gasteiger charge is 2.41. The molecule has 0 aromatic heterocycles. The van der Waals surface area contributed by atoms with Crippen LogP contribution in [-0.4, -0.2) is 37.1 Å². The van der Waals surface area contributed by atoms with Gasteiger partial charge in [-0.25, -0.2) is 4.79 Å². The van der Waals surface area contributed by atoms with Crippen LogP contribution in [0.15, 0.2) is 0 Å². The number of carbonyl (C=O) groups is 1. The van der Waals surface area contributed by atoms with E-state index in [4.69, 9.17) is 38.0 Å². The Hall–Kier alpha value is 0.307. The van der Waals surface area contributed by atoms with Crippen LogP contribution in [0.4, 0.5) is 13.2 Å². The molecule has 0 aromatic carbocycles.